The van der Waals surface area contributed by atoms with Gasteiger partial charge in [0, 0.05) is 36.9 Å². The molecule has 0 radical (unpaired) electrons. The second-order valence-corrected chi connectivity index (χ2v) is 9.49. The molecule has 2 aliphatic rings. The van der Waals surface area contributed by atoms with Gasteiger partial charge in [0.25, 0.3) is 0 Å². The molecule has 0 bridgehead atoms. The molecule has 1 spiro atoms. The van der Waals surface area contributed by atoms with Crippen LogP contribution in [0.5, 0.6) is 0 Å². The summed E-state index contributed by atoms with van der Waals surface area (Å²) in [5.41, 5.74) is 2.29. The van der Waals surface area contributed by atoms with E-state index in [1.165, 1.54) is 6.26 Å². The van der Waals surface area contributed by atoms with Crippen LogP contribution in [0.1, 0.15) is 42.9 Å². The maximum Gasteiger partial charge on any atom is 0.175 e. The van der Waals surface area contributed by atoms with Gasteiger partial charge in [-0.25, -0.2) is 8.42 Å². The van der Waals surface area contributed by atoms with Crippen LogP contribution in [0, 0.1) is 5.92 Å². The average molecular weight is 375 g/mol. The molecule has 1 aromatic heterocycles. The van der Waals surface area contributed by atoms with Crippen molar-refractivity contribution in [2.75, 3.05) is 19.5 Å². The van der Waals surface area contributed by atoms with E-state index in [0.717, 1.165) is 36.9 Å². The monoisotopic (exact) mass is 375 g/mol. The summed E-state index contributed by atoms with van der Waals surface area (Å²) in [4.78, 5) is 3.70. The van der Waals surface area contributed by atoms with Gasteiger partial charge in [0.05, 0.1) is 18.1 Å². The Bertz CT molecular complexity index is 836. The van der Waals surface area contributed by atoms with Gasteiger partial charge in [-0.1, -0.05) is 12.1 Å². The zero-order chi connectivity index (χ0) is 18.2. The fourth-order valence-corrected chi connectivity index (χ4v) is 4.94. The summed E-state index contributed by atoms with van der Waals surface area (Å²) in [7, 11) is -3.18. The topological polar surface area (TPSA) is 68.4 Å². The second kappa shape index (κ2) is 6.83. The van der Waals surface area contributed by atoms with E-state index in [1.807, 2.05) is 24.4 Å². The Morgan fingerprint density at radius 2 is 1.92 bits per heavy atom. The van der Waals surface area contributed by atoms with Gasteiger partial charge in [0.2, 0.25) is 0 Å². The fraction of sp³-hybridized carbons (Fsp3) is 0.500. The summed E-state index contributed by atoms with van der Waals surface area (Å²) in [6.45, 7) is 1.39. The van der Waals surface area contributed by atoms with E-state index in [9.17, 15) is 8.42 Å². The van der Waals surface area contributed by atoms with Gasteiger partial charge < -0.3 is 14.5 Å². The van der Waals surface area contributed by atoms with Crippen molar-refractivity contribution in [2.24, 2.45) is 5.92 Å². The minimum absolute atomic E-state index is 0.208. The molecule has 5 nitrogen and oxygen atoms in total. The van der Waals surface area contributed by atoms with Gasteiger partial charge in [0.15, 0.2) is 15.6 Å². The lowest BCUT2D eigenvalue weighted by Gasteiger charge is -2.24. The molecule has 26 heavy (non-hydrogen) atoms. The molecule has 2 aromatic rings. The van der Waals surface area contributed by atoms with E-state index in [4.69, 9.17) is 9.47 Å². The van der Waals surface area contributed by atoms with Gasteiger partial charge in [0.1, 0.15) is 0 Å². The average Bonchev–Trinajstić information content (AvgIpc) is 3.36. The molecular formula is C20H25NO4S. The number of rotatable bonds is 5. The number of hydrogen-bond acceptors (Lipinski definition) is 4. The Kier molecular flexibility index (Phi) is 4.67. The van der Waals surface area contributed by atoms with E-state index in [-0.39, 0.29) is 11.7 Å². The lowest BCUT2D eigenvalue weighted by atomic mass is 9.85. The van der Waals surface area contributed by atoms with Gasteiger partial charge in [-0.2, -0.15) is 0 Å². The third-order valence-corrected chi connectivity index (χ3v) is 6.75. The van der Waals surface area contributed by atoms with E-state index in [2.05, 4.69) is 11.1 Å². The predicted octanol–water partition coefficient (Wildman–Crippen LogP) is 3.48. The molecular weight excluding hydrogens is 350 g/mol. The molecule has 1 N–H and O–H groups in total. The van der Waals surface area contributed by atoms with Crippen LogP contribution < -0.4 is 0 Å². The molecule has 2 unspecified atom stereocenters. The highest BCUT2D eigenvalue weighted by atomic mass is 32.2. The Hall–Kier alpha value is -1.63. The minimum Gasteiger partial charge on any atom is -0.364 e. The largest absolute Gasteiger partial charge is 0.364 e. The zero-order valence-corrected chi connectivity index (χ0v) is 15.8. The normalized spacial score (nSPS) is 23.5. The first kappa shape index (κ1) is 17.8. The van der Waals surface area contributed by atoms with E-state index < -0.39 is 9.84 Å². The summed E-state index contributed by atoms with van der Waals surface area (Å²) >= 11 is 0. The molecule has 1 saturated carbocycles. The maximum atomic E-state index is 11.7. The number of sulfone groups is 1. The van der Waals surface area contributed by atoms with E-state index in [0.29, 0.717) is 24.0 Å². The van der Waals surface area contributed by atoms with Gasteiger partial charge in [-0.15, -0.1) is 0 Å². The summed E-state index contributed by atoms with van der Waals surface area (Å²) in [5, 5.41) is 0. The lowest BCUT2D eigenvalue weighted by molar-refractivity contribution is -0.152. The molecule has 2 heterocycles. The third kappa shape index (κ3) is 3.59. The van der Waals surface area contributed by atoms with Crippen molar-refractivity contribution in [1.29, 1.82) is 0 Å². The number of hydrogen-bond donors (Lipinski definition) is 1. The highest BCUT2D eigenvalue weighted by molar-refractivity contribution is 7.90. The van der Waals surface area contributed by atoms with Crippen LogP contribution in [-0.4, -0.2) is 38.7 Å². The number of aromatic nitrogens is 1. The molecule has 1 saturated heterocycles. The van der Waals surface area contributed by atoms with Crippen LogP contribution in [-0.2, 0) is 19.3 Å². The predicted molar refractivity (Wildman–Crippen MR) is 98.8 cm³/mol. The summed E-state index contributed by atoms with van der Waals surface area (Å²) in [6, 6.07) is 11.4. The number of H-pyrrole nitrogens is 1. The lowest BCUT2D eigenvalue weighted by Crippen LogP contribution is -2.26. The molecule has 1 aromatic carbocycles. The molecule has 140 valence electrons. The van der Waals surface area contributed by atoms with Crippen molar-refractivity contribution in [3.63, 3.8) is 0 Å². The molecule has 1 aliphatic carbocycles. The zero-order valence-electron chi connectivity index (χ0n) is 15.0. The Morgan fingerprint density at radius 3 is 2.54 bits per heavy atom. The van der Waals surface area contributed by atoms with Crippen LogP contribution in [0.25, 0.3) is 0 Å². The highest BCUT2D eigenvalue weighted by Crippen LogP contribution is 2.45. The molecule has 6 heteroatoms. The van der Waals surface area contributed by atoms with Crippen LogP contribution in [0.4, 0.5) is 0 Å². The third-order valence-electron chi connectivity index (χ3n) is 5.62. The van der Waals surface area contributed by atoms with Crippen molar-refractivity contribution in [3.8, 4) is 0 Å². The molecule has 0 amide bonds. The van der Waals surface area contributed by atoms with Crippen molar-refractivity contribution in [3.05, 3.63) is 53.9 Å². The van der Waals surface area contributed by atoms with Crippen LogP contribution in [0.15, 0.2) is 47.5 Å². The number of aromatic amines is 1. The van der Waals surface area contributed by atoms with E-state index >= 15 is 0 Å². The van der Waals surface area contributed by atoms with Crippen LogP contribution in [0.2, 0.25) is 0 Å². The summed E-state index contributed by atoms with van der Waals surface area (Å²) in [6.07, 6.45) is 7.16. The number of ether oxygens (including phenoxy) is 2. The van der Waals surface area contributed by atoms with Crippen molar-refractivity contribution in [1.82, 2.24) is 4.98 Å². The quantitative estimate of drug-likeness (QED) is 0.869. The first-order valence-electron chi connectivity index (χ1n) is 9.16. The number of benzene rings is 1. The molecule has 4 rings (SSSR count). The fourth-order valence-electron chi connectivity index (χ4n) is 4.31. The van der Waals surface area contributed by atoms with Crippen molar-refractivity contribution >= 4 is 9.84 Å². The number of nitrogens with one attached hydrogen (secondary N) is 1. The van der Waals surface area contributed by atoms with Crippen molar-refractivity contribution < 1.29 is 17.9 Å². The highest BCUT2D eigenvalue weighted by Gasteiger charge is 2.44. The van der Waals surface area contributed by atoms with Gasteiger partial charge in [-0.3, -0.25) is 0 Å². The second-order valence-electron chi connectivity index (χ2n) is 7.47. The molecule has 2 fully saturated rings. The Labute approximate surface area is 154 Å². The van der Waals surface area contributed by atoms with Gasteiger partial charge in [-0.05, 0) is 48.6 Å². The molecule has 1 aliphatic heterocycles. The van der Waals surface area contributed by atoms with Crippen LogP contribution in [0.3, 0.4) is 0 Å². The van der Waals surface area contributed by atoms with Crippen molar-refractivity contribution in [2.45, 2.75) is 42.3 Å². The first-order chi connectivity index (χ1) is 12.5. The van der Waals surface area contributed by atoms with E-state index in [1.54, 1.807) is 12.1 Å². The first-order valence-corrected chi connectivity index (χ1v) is 11.1. The summed E-state index contributed by atoms with van der Waals surface area (Å²) in [5.74, 6) is 0.376. The maximum absolute atomic E-state index is 11.7. The smallest absolute Gasteiger partial charge is 0.175 e. The summed E-state index contributed by atoms with van der Waals surface area (Å²) < 4.78 is 35.2. The minimum atomic E-state index is -3.18. The standard InChI is InChI=1S/C20H25NO4S/c1-26(22,23)17-6-4-16(5-7-17)18(19-3-2-10-21-19)13-15-8-9-20(14-15)24-11-12-25-20/h2-7,10,15,18,21H,8-9,11-14H2,1H3. The SMILES string of the molecule is CS(=O)(=O)c1ccc(C(CC2CCC3(C2)OCCO3)c2ccc[nH]2)cc1. The Morgan fingerprint density at radius 1 is 1.19 bits per heavy atom. The van der Waals surface area contributed by atoms with Crippen LogP contribution >= 0.6 is 0 Å². The molecule has 2 atom stereocenters. The Balaban J connectivity index is 1.56. The van der Waals surface area contributed by atoms with Gasteiger partial charge >= 0.3 is 0 Å².